The van der Waals surface area contributed by atoms with Crippen molar-refractivity contribution in [1.29, 1.82) is 0 Å². The number of hydrogen-bond acceptors (Lipinski definition) is 1. The van der Waals surface area contributed by atoms with E-state index in [9.17, 15) is 0 Å². The molecule has 3 aromatic heterocycles. The van der Waals surface area contributed by atoms with Crippen molar-refractivity contribution in [3.8, 4) is 95.3 Å². The van der Waals surface area contributed by atoms with Crippen molar-refractivity contribution in [1.82, 2.24) is 13.7 Å². The Morgan fingerprint density at radius 1 is 0.195 bits per heavy atom. The average Bonchev–Trinajstić information content (AvgIpc) is 4.35. The van der Waals surface area contributed by atoms with Crippen LogP contribution in [0.1, 0.15) is 0 Å². The zero-order chi connectivity index (χ0) is 53.8. The molecule has 0 saturated heterocycles. The summed E-state index contributed by atoms with van der Waals surface area (Å²) in [6, 6.07) is 108. The Kier molecular flexibility index (Phi) is 10.3. The molecule has 0 aliphatic carbocycles. The first-order valence-electron chi connectivity index (χ1n) is 28.1. The third kappa shape index (κ3) is 7.32. The Hall–Kier alpha value is -10.9. The normalized spacial score (nSPS) is 12.0. The van der Waals surface area contributed by atoms with Crippen LogP contribution in [0.25, 0.3) is 149 Å². The summed E-state index contributed by atoms with van der Waals surface area (Å²) >= 11 is 0. The van der Waals surface area contributed by atoms with E-state index in [0.717, 1.165) is 56.3 Å². The van der Waals surface area contributed by atoms with Gasteiger partial charge < -0.3 is 18.4 Å². The van der Waals surface area contributed by atoms with Crippen LogP contribution in [-0.4, -0.2) is 13.7 Å². The summed E-state index contributed by atoms with van der Waals surface area (Å²) in [5, 5.41) is 7.30. The summed E-state index contributed by atoms with van der Waals surface area (Å²) in [6.45, 7) is 0. The number of fused-ring (bicyclic) bond motifs is 11. The first-order chi connectivity index (χ1) is 40.6. The van der Waals surface area contributed by atoms with Crippen LogP contribution < -0.4 is 4.74 Å². The highest BCUT2D eigenvalue weighted by atomic mass is 16.5. The molecule has 0 spiro atoms. The minimum Gasteiger partial charge on any atom is -0.453 e. The lowest BCUT2D eigenvalue weighted by Crippen LogP contribution is -2.04. The fourth-order valence-corrected chi connectivity index (χ4v) is 13.1. The molecule has 4 heteroatoms. The lowest BCUT2D eigenvalue weighted by Gasteiger charge is -2.21. The van der Waals surface area contributed by atoms with Crippen LogP contribution in [0.15, 0.2) is 297 Å². The lowest BCUT2D eigenvalue weighted by molar-refractivity contribution is 0.476. The van der Waals surface area contributed by atoms with Crippen LogP contribution in [-0.2, 0) is 0 Å². The number of aromatic nitrogens is 3. The summed E-state index contributed by atoms with van der Waals surface area (Å²) in [5.41, 5.74) is 24.5. The predicted molar refractivity (Wildman–Crippen MR) is 342 cm³/mol. The SMILES string of the molecule is c1ccc(-c2ccc3c(c2)c2cc(-c4ccccc4)ccc2n3-c2ccc(-c3ccc4c(c3)Oc3cccc5c6cc(-c7ccc(-n8c9ccc(-c%10ccccc%10)cc9c9cc(-c%10ccccc%10)ccc98)cc7)ccc6n-4c35)cc2)cc1. The third-order valence-electron chi connectivity index (χ3n) is 17.0. The number of hydrogen-bond donors (Lipinski definition) is 0. The number of rotatable bonds is 8. The molecular weight excluding hydrogens is 995 g/mol. The smallest absolute Gasteiger partial charge is 0.152 e. The highest BCUT2D eigenvalue weighted by Crippen LogP contribution is 2.48. The van der Waals surface area contributed by atoms with Crippen molar-refractivity contribution in [2.45, 2.75) is 0 Å². The topological polar surface area (TPSA) is 24.0 Å². The fraction of sp³-hybridized carbons (Fsp3) is 0. The molecular formula is C78H49N3O. The Bertz CT molecular complexity index is 5000. The minimum absolute atomic E-state index is 0.835. The molecule has 0 saturated carbocycles. The van der Waals surface area contributed by atoms with Crippen LogP contribution in [0.5, 0.6) is 11.5 Å². The van der Waals surface area contributed by atoms with Gasteiger partial charge in [0, 0.05) is 43.7 Å². The Morgan fingerprint density at radius 2 is 0.500 bits per heavy atom. The van der Waals surface area contributed by atoms with E-state index in [-0.39, 0.29) is 0 Å². The molecule has 0 N–H and O–H groups in total. The van der Waals surface area contributed by atoms with Crippen molar-refractivity contribution in [2.75, 3.05) is 0 Å². The van der Waals surface area contributed by atoms with Crippen LogP contribution in [0.4, 0.5) is 0 Å². The molecule has 0 bridgehead atoms. The van der Waals surface area contributed by atoms with Gasteiger partial charge in [0.25, 0.3) is 0 Å². The van der Waals surface area contributed by atoms with Crippen LogP contribution in [0.2, 0.25) is 0 Å². The Balaban J connectivity index is 0.706. The second-order valence-electron chi connectivity index (χ2n) is 21.7. The van der Waals surface area contributed by atoms with Gasteiger partial charge in [-0.1, -0.05) is 194 Å². The van der Waals surface area contributed by atoms with Gasteiger partial charge in [0.1, 0.15) is 0 Å². The Labute approximate surface area is 473 Å². The number of para-hydroxylation sites is 1. The third-order valence-corrected chi connectivity index (χ3v) is 17.0. The van der Waals surface area contributed by atoms with E-state index in [1.54, 1.807) is 0 Å². The van der Waals surface area contributed by atoms with Crippen molar-refractivity contribution in [2.24, 2.45) is 0 Å². The van der Waals surface area contributed by atoms with E-state index >= 15 is 0 Å². The standard InChI is InChI=1S/C78H49N3O/c1-5-14-50(15-6-1)56-28-38-70-66(45-56)67-46-57(51-16-7-2-8-17-51)29-39-71(67)79(70)62-34-24-54(25-35-62)60-32-42-74-65(44-60)64-22-13-23-76-78(64)81(74)75-43-33-61(49-77(75)82-76)55-26-36-63(37-27-55)80-72-40-30-58(52-18-9-3-10-19-52)47-68(72)69-48-59(31-41-73(69)80)53-20-11-4-12-21-53/h1-49H. The maximum absolute atomic E-state index is 6.86. The molecule has 4 heterocycles. The minimum atomic E-state index is 0.835. The van der Waals surface area contributed by atoms with E-state index in [1.165, 1.54) is 104 Å². The number of benzene rings is 13. The molecule has 13 aromatic carbocycles. The summed E-state index contributed by atoms with van der Waals surface area (Å²) in [7, 11) is 0. The molecule has 0 amide bonds. The quantitative estimate of drug-likeness (QED) is 0.149. The second kappa shape index (κ2) is 18.3. The molecule has 16 aromatic rings. The van der Waals surface area contributed by atoms with Gasteiger partial charge in [0.05, 0.1) is 38.8 Å². The van der Waals surface area contributed by atoms with Gasteiger partial charge in [-0.25, -0.2) is 0 Å². The first kappa shape index (κ1) is 46.0. The Morgan fingerprint density at radius 3 is 0.878 bits per heavy atom. The molecule has 0 radical (unpaired) electrons. The van der Waals surface area contributed by atoms with Crippen molar-refractivity contribution >= 4 is 65.4 Å². The van der Waals surface area contributed by atoms with Gasteiger partial charge in [0.15, 0.2) is 11.5 Å². The summed E-state index contributed by atoms with van der Waals surface area (Å²) in [6.07, 6.45) is 0. The fourth-order valence-electron chi connectivity index (χ4n) is 13.1. The van der Waals surface area contributed by atoms with E-state index in [2.05, 4.69) is 311 Å². The molecule has 0 fully saturated rings. The molecule has 17 rings (SSSR count). The number of ether oxygens (including phenoxy) is 1. The predicted octanol–water partition coefficient (Wildman–Crippen LogP) is 21.1. The van der Waals surface area contributed by atoms with Gasteiger partial charge in [-0.2, -0.15) is 0 Å². The summed E-state index contributed by atoms with van der Waals surface area (Å²) in [4.78, 5) is 0. The van der Waals surface area contributed by atoms with Gasteiger partial charge in [0.2, 0.25) is 0 Å². The molecule has 0 atom stereocenters. The maximum atomic E-state index is 6.86. The lowest BCUT2D eigenvalue weighted by atomic mass is 10.0. The zero-order valence-corrected chi connectivity index (χ0v) is 44.5. The van der Waals surface area contributed by atoms with E-state index in [0.29, 0.717) is 0 Å². The molecule has 82 heavy (non-hydrogen) atoms. The molecule has 0 unspecified atom stereocenters. The van der Waals surface area contributed by atoms with Gasteiger partial charge in [-0.15, -0.1) is 0 Å². The average molecular weight is 1040 g/mol. The number of nitrogens with zero attached hydrogens (tertiary/aromatic N) is 3. The van der Waals surface area contributed by atoms with Crippen LogP contribution in [0.3, 0.4) is 0 Å². The van der Waals surface area contributed by atoms with E-state index < -0.39 is 0 Å². The van der Waals surface area contributed by atoms with Crippen molar-refractivity contribution < 1.29 is 4.74 Å². The largest absolute Gasteiger partial charge is 0.453 e. The van der Waals surface area contributed by atoms with Crippen LogP contribution >= 0.6 is 0 Å². The first-order valence-corrected chi connectivity index (χ1v) is 28.1. The summed E-state index contributed by atoms with van der Waals surface area (Å²) < 4.78 is 14.1. The van der Waals surface area contributed by atoms with E-state index in [4.69, 9.17) is 4.74 Å². The second-order valence-corrected chi connectivity index (χ2v) is 21.7. The van der Waals surface area contributed by atoms with E-state index in [1.807, 2.05) is 0 Å². The molecule has 1 aliphatic rings. The van der Waals surface area contributed by atoms with Crippen molar-refractivity contribution in [3.63, 3.8) is 0 Å². The molecule has 4 nitrogen and oxygen atoms in total. The molecule has 382 valence electrons. The highest BCUT2D eigenvalue weighted by molar-refractivity contribution is 6.15. The van der Waals surface area contributed by atoms with Gasteiger partial charge in [-0.05, 0) is 170 Å². The van der Waals surface area contributed by atoms with Crippen molar-refractivity contribution in [3.05, 3.63) is 297 Å². The van der Waals surface area contributed by atoms with Crippen LogP contribution in [0, 0.1) is 0 Å². The zero-order valence-electron chi connectivity index (χ0n) is 44.5. The van der Waals surface area contributed by atoms with Gasteiger partial charge >= 0.3 is 0 Å². The molecule has 1 aliphatic heterocycles. The maximum Gasteiger partial charge on any atom is 0.152 e. The summed E-state index contributed by atoms with van der Waals surface area (Å²) in [5.74, 6) is 1.69. The van der Waals surface area contributed by atoms with Gasteiger partial charge in [-0.3, -0.25) is 0 Å². The highest BCUT2D eigenvalue weighted by Gasteiger charge is 2.25. The monoisotopic (exact) mass is 1040 g/mol.